The van der Waals surface area contributed by atoms with Crippen LogP contribution in [0.4, 0.5) is 10.5 Å². The summed E-state index contributed by atoms with van der Waals surface area (Å²) in [6.45, 7) is 3.95. The van der Waals surface area contributed by atoms with Gasteiger partial charge in [-0.1, -0.05) is 17.7 Å². The minimum Gasteiger partial charge on any atom is -0.493 e. The monoisotopic (exact) mass is 312 g/mol. The van der Waals surface area contributed by atoms with E-state index in [1.54, 1.807) is 23.1 Å². The fraction of sp³-hybridized carbons (Fsp3) is 0.533. The summed E-state index contributed by atoms with van der Waals surface area (Å²) in [5.74, 6) is 0.473. The van der Waals surface area contributed by atoms with E-state index in [-0.39, 0.29) is 12.1 Å². The third kappa shape index (κ3) is 4.02. The number of ether oxygens (including phenoxy) is 2. The Labute approximate surface area is 130 Å². The van der Waals surface area contributed by atoms with Crippen LogP contribution in [0.25, 0.3) is 0 Å². The molecule has 5 nitrogen and oxygen atoms in total. The number of hydrogen-bond donors (Lipinski definition) is 1. The summed E-state index contributed by atoms with van der Waals surface area (Å²) in [5, 5.41) is 3.32. The minimum absolute atomic E-state index is 0.136. The van der Waals surface area contributed by atoms with E-state index in [1.165, 1.54) is 7.11 Å². The summed E-state index contributed by atoms with van der Waals surface area (Å²) in [6.07, 6.45) is 2.20. The van der Waals surface area contributed by atoms with Crippen molar-refractivity contribution in [2.75, 3.05) is 32.1 Å². The van der Waals surface area contributed by atoms with E-state index in [1.807, 2.05) is 6.92 Å². The SMILES string of the molecule is CCN(C[C@@H]1CCCO1)C(=O)Nc1cccc(Cl)c1OC. The van der Waals surface area contributed by atoms with E-state index in [0.717, 1.165) is 19.4 Å². The van der Waals surface area contributed by atoms with Gasteiger partial charge in [-0.15, -0.1) is 0 Å². The number of hydrogen-bond acceptors (Lipinski definition) is 3. The average molecular weight is 313 g/mol. The lowest BCUT2D eigenvalue weighted by atomic mass is 10.2. The molecule has 21 heavy (non-hydrogen) atoms. The summed E-state index contributed by atoms with van der Waals surface area (Å²) in [6, 6.07) is 5.09. The van der Waals surface area contributed by atoms with Crippen molar-refractivity contribution < 1.29 is 14.3 Å². The van der Waals surface area contributed by atoms with Crippen molar-refractivity contribution in [3.8, 4) is 5.75 Å². The first kappa shape index (κ1) is 15.9. The molecule has 1 saturated heterocycles. The number of anilines is 1. The maximum absolute atomic E-state index is 12.4. The second-order valence-corrected chi connectivity index (χ2v) is 5.33. The second-order valence-electron chi connectivity index (χ2n) is 4.92. The first-order valence-corrected chi connectivity index (χ1v) is 7.53. The fourth-order valence-corrected chi connectivity index (χ4v) is 2.65. The van der Waals surface area contributed by atoms with Gasteiger partial charge in [0.05, 0.1) is 23.9 Å². The maximum Gasteiger partial charge on any atom is 0.322 e. The summed E-state index contributed by atoms with van der Waals surface area (Å²) in [5.41, 5.74) is 0.570. The summed E-state index contributed by atoms with van der Waals surface area (Å²) in [4.78, 5) is 14.1. The number of carbonyl (C=O) groups is 1. The van der Waals surface area contributed by atoms with Gasteiger partial charge in [0.1, 0.15) is 0 Å². The van der Waals surface area contributed by atoms with Gasteiger partial charge >= 0.3 is 6.03 Å². The molecule has 0 aliphatic carbocycles. The molecule has 2 rings (SSSR count). The van der Waals surface area contributed by atoms with Gasteiger partial charge in [-0.05, 0) is 31.9 Å². The van der Waals surface area contributed by atoms with Crippen LogP contribution in [0.1, 0.15) is 19.8 Å². The van der Waals surface area contributed by atoms with E-state index in [2.05, 4.69) is 5.32 Å². The third-order valence-electron chi connectivity index (χ3n) is 3.53. The number of nitrogens with zero attached hydrogens (tertiary/aromatic N) is 1. The van der Waals surface area contributed by atoms with Crippen molar-refractivity contribution in [1.29, 1.82) is 0 Å². The first-order chi connectivity index (χ1) is 10.2. The first-order valence-electron chi connectivity index (χ1n) is 7.15. The number of likely N-dealkylation sites (N-methyl/N-ethyl adjacent to an activating group) is 1. The summed E-state index contributed by atoms with van der Waals surface area (Å²) >= 11 is 6.05. The Morgan fingerprint density at radius 2 is 2.38 bits per heavy atom. The molecule has 0 bridgehead atoms. The van der Waals surface area contributed by atoms with Crippen LogP contribution in [-0.4, -0.2) is 43.8 Å². The highest BCUT2D eigenvalue weighted by molar-refractivity contribution is 6.32. The number of rotatable bonds is 5. The maximum atomic E-state index is 12.4. The number of nitrogens with one attached hydrogen (secondary N) is 1. The lowest BCUT2D eigenvalue weighted by molar-refractivity contribution is 0.0849. The number of para-hydroxylation sites is 1. The Morgan fingerprint density at radius 1 is 1.57 bits per heavy atom. The van der Waals surface area contributed by atoms with Gasteiger partial charge in [0.15, 0.2) is 5.75 Å². The van der Waals surface area contributed by atoms with Crippen LogP contribution in [0.2, 0.25) is 5.02 Å². The Morgan fingerprint density at radius 3 is 3.00 bits per heavy atom. The van der Waals surface area contributed by atoms with E-state index in [4.69, 9.17) is 21.1 Å². The van der Waals surface area contributed by atoms with Crippen LogP contribution in [-0.2, 0) is 4.74 Å². The summed E-state index contributed by atoms with van der Waals surface area (Å²) in [7, 11) is 1.53. The molecule has 0 spiro atoms. The average Bonchev–Trinajstić information content (AvgIpc) is 2.98. The molecule has 1 atom stereocenters. The smallest absolute Gasteiger partial charge is 0.322 e. The van der Waals surface area contributed by atoms with Crippen LogP contribution >= 0.6 is 11.6 Å². The molecule has 1 N–H and O–H groups in total. The number of methoxy groups -OCH3 is 1. The molecule has 0 unspecified atom stereocenters. The third-order valence-corrected chi connectivity index (χ3v) is 3.83. The summed E-state index contributed by atoms with van der Waals surface area (Å²) < 4.78 is 10.8. The van der Waals surface area contributed by atoms with E-state index in [9.17, 15) is 4.79 Å². The number of halogens is 1. The van der Waals surface area contributed by atoms with Gasteiger partial charge < -0.3 is 19.7 Å². The predicted octanol–water partition coefficient (Wildman–Crippen LogP) is 3.38. The molecule has 1 aliphatic rings. The zero-order valence-corrected chi connectivity index (χ0v) is 13.2. The van der Waals surface area contributed by atoms with Crippen LogP contribution < -0.4 is 10.1 Å². The standard InChI is InChI=1S/C15H21ClN2O3/c1-3-18(10-11-6-5-9-21-11)15(19)17-13-8-4-7-12(16)14(13)20-2/h4,7-8,11H,3,5-6,9-10H2,1-2H3,(H,17,19)/t11-/m0/s1. The van der Waals surface area contributed by atoms with Gasteiger partial charge in [0, 0.05) is 19.7 Å². The van der Waals surface area contributed by atoms with Gasteiger partial charge in [-0.25, -0.2) is 4.79 Å². The molecular formula is C15H21ClN2O3. The molecule has 0 saturated carbocycles. The number of carbonyl (C=O) groups excluding carboxylic acids is 1. The molecule has 1 heterocycles. The zero-order chi connectivity index (χ0) is 15.2. The van der Waals surface area contributed by atoms with Crippen LogP contribution in [0, 0.1) is 0 Å². The molecule has 1 aliphatic heterocycles. The van der Waals surface area contributed by atoms with Gasteiger partial charge in [0.2, 0.25) is 0 Å². The lowest BCUT2D eigenvalue weighted by Crippen LogP contribution is -2.40. The molecule has 0 aromatic heterocycles. The van der Waals surface area contributed by atoms with Crippen molar-refractivity contribution in [2.45, 2.75) is 25.9 Å². The van der Waals surface area contributed by atoms with Gasteiger partial charge in [-0.3, -0.25) is 0 Å². The fourth-order valence-electron chi connectivity index (χ4n) is 2.40. The highest BCUT2D eigenvalue weighted by Gasteiger charge is 2.22. The van der Waals surface area contributed by atoms with E-state index in [0.29, 0.717) is 29.5 Å². The van der Waals surface area contributed by atoms with E-state index < -0.39 is 0 Å². The van der Waals surface area contributed by atoms with Crippen molar-refractivity contribution in [3.05, 3.63) is 23.2 Å². The van der Waals surface area contributed by atoms with Crippen LogP contribution in [0.15, 0.2) is 18.2 Å². The Kier molecular flexibility index (Phi) is 5.70. The Balaban J connectivity index is 2.03. The van der Waals surface area contributed by atoms with Crippen LogP contribution in [0.5, 0.6) is 5.75 Å². The molecule has 1 fully saturated rings. The lowest BCUT2D eigenvalue weighted by Gasteiger charge is -2.24. The highest BCUT2D eigenvalue weighted by atomic mass is 35.5. The van der Waals surface area contributed by atoms with Crippen molar-refractivity contribution in [3.63, 3.8) is 0 Å². The minimum atomic E-state index is -0.173. The molecule has 1 aromatic rings. The molecule has 116 valence electrons. The Bertz CT molecular complexity index is 490. The zero-order valence-electron chi connectivity index (χ0n) is 12.4. The highest BCUT2D eigenvalue weighted by Crippen LogP contribution is 2.32. The normalized spacial score (nSPS) is 17.6. The van der Waals surface area contributed by atoms with Gasteiger partial charge in [-0.2, -0.15) is 0 Å². The topological polar surface area (TPSA) is 50.8 Å². The van der Waals surface area contributed by atoms with Crippen molar-refractivity contribution in [1.82, 2.24) is 4.90 Å². The molecule has 6 heteroatoms. The number of urea groups is 1. The van der Waals surface area contributed by atoms with Gasteiger partial charge in [0.25, 0.3) is 0 Å². The van der Waals surface area contributed by atoms with Crippen LogP contribution in [0.3, 0.4) is 0 Å². The molecular weight excluding hydrogens is 292 g/mol. The molecule has 0 radical (unpaired) electrons. The molecule has 1 aromatic carbocycles. The number of amides is 2. The largest absolute Gasteiger partial charge is 0.493 e. The van der Waals surface area contributed by atoms with E-state index >= 15 is 0 Å². The predicted molar refractivity (Wildman–Crippen MR) is 83.2 cm³/mol. The Hall–Kier alpha value is -1.46. The second kappa shape index (κ2) is 7.52. The van der Waals surface area contributed by atoms with Crippen molar-refractivity contribution in [2.24, 2.45) is 0 Å². The van der Waals surface area contributed by atoms with Crippen molar-refractivity contribution >= 4 is 23.3 Å². The molecule has 2 amide bonds. The number of benzene rings is 1. The quantitative estimate of drug-likeness (QED) is 0.906.